The molecule has 0 N–H and O–H groups in total. The fourth-order valence-electron chi connectivity index (χ4n) is 0. The van der Waals surface area contributed by atoms with Gasteiger partial charge < -0.3 is 0 Å². The van der Waals surface area contributed by atoms with Crippen molar-refractivity contribution in [3.8, 4) is 0 Å². The molecule has 0 nitrogen and oxygen atoms in total. The molecule has 0 amide bonds. The molecule has 0 aliphatic heterocycles. The second-order valence-electron chi connectivity index (χ2n) is 0. The van der Waals surface area contributed by atoms with Crippen molar-refractivity contribution in [2.45, 2.75) is 0 Å². The van der Waals surface area contributed by atoms with Crippen molar-refractivity contribution in [3.63, 3.8) is 0 Å². The predicted molar refractivity (Wildman–Crippen MR) is 257 cm³/mol. The summed E-state index contributed by atoms with van der Waals surface area (Å²) in [4.78, 5) is 0. The topological polar surface area (TPSA) is 0 Å². The molecule has 0 heterocycles. The van der Waals surface area contributed by atoms with Crippen molar-refractivity contribution in [3.05, 3.63) is 0 Å². The van der Waals surface area contributed by atoms with Crippen molar-refractivity contribution in [1.29, 1.82) is 0 Å². The van der Waals surface area contributed by atoms with Crippen LogP contribution in [0.15, 0.2) is 0 Å². The quantitative estimate of drug-likeness (QED) is 0.213. The molecule has 0 saturated carbocycles. The van der Waals surface area contributed by atoms with Gasteiger partial charge in [0.15, 0.2) is 0 Å². The Kier molecular flexibility index (Phi) is 2090. The summed E-state index contributed by atoms with van der Waals surface area (Å²) >= 11 is 0. The minimum atomic E-state index is 0. The van der Waals surface area contributed by atoms with Crippen molar-refractivity contribution < 1.29 is 0 Å². The van der Waals surface area contributed by atoms with Crippen LogP contribution in [-0.4, -0.2) is 1060 Å². The fraction of sp³-hybridized carbons (Fsp3) is 0. The summed E-state index contributed by atoms with van der Waals surface area (Å²) in [6.07, 6.45) is 0. The third-order valence-corrected chi connectivity index (χ3v) is 0. The molecule has 0 fully saturated rings. The first kappa shape index (κ1) is 280. The van der Waals surface area contributed by atoms with Crippen molar-refractivity contribution >= 4 is 1060 Å². The van der Waals surface area contributed by atoms with Gasteiger partial charge in [-0.2, -0.15) is 0 Å². The van der Waals surface area contributed by atoms with Crippen LogP contribution in [0.1, 0.15) is 0 Å². The molecule has 0 spiro atoms. The van der Waals surface area contributed by atoms with Crippen LogP contribution in [0.3, 0.4) is 0 Å². The summed E-state index contributed by atoms with van der Waals surface area (Å²) < 4.78 is 0. The van der Waals surface area contributed by atoms with Crippen LogP contribution in [-0.2, 0) is 0 Å². The van der Waals surface area contributed by atoms with E-state index in [9.17, 15) is 0 Å². The molecule has 0 rings (SSSR count). The van der Waals surface area contributed by atoms with E-state index < -0.39 is 0 Å². The average molecular weight is 864 g/mol. The number of rotatable bonds is 0. The molecule has 0 bridgehead atoms. The first-order valence-corrected chi connectivity index (χ1v) is 0. The van der Waals surface area contributed by atoms with Crippen LogP contribution in [0.2, 0.25) is 0 Å². The molecule has 0 atom stereocenters. The van der Waals surface area contributed by atoms with Gasteiger partial charge in [-0.3, -0.25) is 0 Å². The van der Waals surface area contributed by atoms with Gasteiger partial charge in [0.25, 0.3) is 0 Å². The Morgan fingerprint density at radius 1 is 0.0278 bits per heavy atom. The van der Waals surface area contributed by atoms with E-state index in [1.807, 2.05) is 0 Å². The molecule has 72 valence electrons. The van der Waals surface area contributed by atoms with E-state index >= 15 is 0 Å². The Morgan fingerprint density at radius 3 is 0.0278 bits per heavy atom. The second kappa shape index (κ2) is 268. The maximum atomic E-state index is 0. The van der Waals surface area contributed by atoms with Gasteiger partial charge in [0, 0.05) is 0 Å². The molecule has 0 unspecified atom stereocenters. The number of hydrogen-bond donors (Lipinski definition) is 0. The van der Waals surface area contributed by atoms with Crippen LogP contribution >= 0.6 is 0 Å². The molecule has 36 heteroatoms. The summed E-state index contributed by atoms with van der Waals surface area (Å²) in [5.41, 5.74) is 0. The Labute approximate surface area is 1020 Å². The first-order chi connectivity index (χ1) is 0. The summed E-state index contributed by atoms with van der Waals surface area (Å²) in [6, 6.07) is 0. The molecule has 0 aromatic carbocycles. The molecular weight excluding hydrogens is 828 g/mol. The average Bonchev–Trinajstić information content (AvgIpc) is 0. The van der Waals surface area contributed by atoms with E-state index in [1.54, 1.807) is 0 Å². The maximum absolute atomic E-state index is 0. The zero-order chi connectivity index (χ0) is 0. The molecule has 0 aliphatic rings. The third-order valence-electron chi connectivity index (χ3n) is 0. The first-order valence-electron chi connectivity index (χ1n) is 0. The van der Waals surface area contributed by atoms with Crippen LogP contribution in [0.25, 0.3) is 0 Å². The van der Waals surface area contributed by atoms with Crippen molar-refractivity contribution in [2.24, 2.45) is 0 Å². The van der Waals surface area contributed by atoms with Gasteiger partial charge in [-0.15, -0.1) is 0 Å². The van der Waals surface area contributed by atoms with Gasteiger partial charge >= 0.3 is 1060 Å². The fourth-order valence-corrected chi connectivity index (χ4v) is 0. The van der Waals surface area contributed by atoms with Crippen LogP contribution < -0.4 is 0 Å². The van der Waals surface area contributed by atoms with Crippen LogP contribution in [0, 0.1) is 0 Å². The molecule has 0 aliphatic carbocycles. The number of hydrogen-bond acceptors (Lipinski definition) is 0. The van der Waals surface area contributed by atoms with Gasteiger partial charge in [-0.05, 0) is 0 Å². The monoisotopic (exact) mass is 864 g/mol. The minimum absolute atomic E-state index is 0. The SMILES string of the molecule is [NaH].[NaH].[NaH].[NaH].[NaH].[NaH].[NaH].[NaH].[NaH].[NaH].[NaH].[NaH].[NaH].[NaH].[NaH].[NaH].[NaH].[NaH].[NaH].[NaH].[NaH].[NaH].[NaH].[NaH].[NaH].[NaH].[NaH].[NaH].[NaH].[NaH].[NaH].[NaH].[NaH].[NaH].[NaH].[NaH]. The molecule has 36 heavy (non-hydrogen) atoms. The van der Waals surface area contributed by atoms with Crippen molar-refractivity contribution in [2.75, 3.05) is 0 Å². The molecule has 0 aromatic heterocycles. The van der Waals surface area contributed by atoms with E-state index in [0.29, 0.717) is 0 Å². The third kappa shape index (κ3) is 257. The Morgan fingerprint density at radius 2 is 0.0278 bits per heavy atom. The van der Waals surface area contributed by atoms with Gasteiger partial charge in [0.2, 0.25) is 0 Å². The van der Waals surface area contributed by atoms with E-state index in [4.69, 9.17) is 0 Å². The van der Waals surface area contributed by atoms with Crippen molar-refractivity contribution in [1.82, 2.24) is 0 Å². The standard InChI is InChI=1S/36Na.36H. The van der Waals surface area contributed by atoms with Gasteiger partial charge in [-0.25, -0.2) is 0 Å². The normalized spacial score (nSPS) is 0. The molecule has 0 radical (unpaired) electrons. The van der Waals surface area contributed by atoms with E-state index in [-0.39, 0.29) is 1060 Å². The zero-order valence-corrected chi connectivity index (χ0v) is 0. The van der Waals surface area contributed by atoms with E-state index in [1.165, 1.54) is 0 Å². The van der Waals surface area contributed by atoms with Gasteiger partial charge in [0.05, 0.1) is 0 Å². The molecule has 0 saturated heterocycles. The van der Waals surface area contributed by atoms with Gasteiger partial charge in [-0.1, -0.05) is 0 Å². The zero-order valence-electron chi connectivity index (χ0n) is 0. The van der Waals surface area contributed by atoms with E-state index in [0.717, 1.165) is 0 Å². The Balaban J connectivity index is 0. The molecular formula is H36Na36. The Hall–Kier alpha value is 36.0. The van der Waals surface area contributed by atoms with E-state index in [2.05, 4.69) is 0 Å². The van der Waals surface area contributed by atoms with Crippen LogP contribution in [0.5, 0.6) is 0 Å². The summed E-state index contributed by atoms with van der Waals surface area (Å²) in [7, 11) is 0. The summed E-state index contributed by atoms with van der Waals surface area (Å²) in [5.74, 6) is 0. The Bertz CT molecular complexity index is 0. The van der Waals surface area contributed by atoms with Gasteiger partial charge in [0.1, 0.15) is 0 Å². The molecule has 0 aromatic rings. The summed E-state index contributed by atoms with van der Waals surface area (Å²) in [5, 5.41) is 0. The van der Waals surface area contributed by atoms with Crippen LogP contribution in [0.4, 0.5) is 0 Å². The predicted octanol–water partition coefficient (Wildman–Crippen LogP) is -23.3. The summed E-state index contributed by atoms with van der Waals surface area (Å²) in [6.45, 7) is 0. The second-order valence-corrected chi connectivity index (χ2v) is 0.